The Bertz CT molecular complexity index is 1190. The molecule has 2 aromatic carbocycles. The van der Waals surface area contributed by atoms with E-state index in [4.69, 9.17) is 18.6 Å². The van der Waals surface area contributed by atoms with E-state index in [9.17, 15) is 4.79 Å². The van der Waals surface area contributed by atoms with Crippen molar-refractivity contribution in [2.45, 2.75) is 32.6 Å². The normalized spacial score (nSPS) is 15.5. The van der Waals surface area contributed by atoms with Gasteiger partial charge in [-0.2, -0.15) is 0 Å². The third kappa shape index (κ3) is 3.74. The van der Waals surface area contributed by atoms with Crippen molar-refractivity contribution in [1.29, 1.82) is 0 Å². The van der Waals surface area contributed by atoms with E-state index in [-0.39, 0.29) is 5.91 Å². The van der Waals surface area contributed by atoms with Gasteiger partial charge in [0.1, 0.15) is 30.3 Å². The van der Waals surface area contributed by atoms with Gasteiger partial charge in [0.2, 0.25) is 5.91 Å². The molecule has 0 spiro atoms. The average Bonchev–Trinajstić information content (AvgIpc) is 3.15. The number of methoxy groups -OCH3 is 1. The fourth-order valence-electron chi connectivity index (χ4n) is 4.34. The molecule has 2 heterocycles. The minimum atomic E-state index is -0.217. The molecule has 0 saturated carbocycles. The summed E-state index contributed by atoms with van der Waals surface area (Å²) < 4.78 is 22.8. The van der Waals surface area contributed by atoms with Crippen molar-refractivity contribution in [3.8, 4) is 17.2 Å². The fourth-order valence-corrected chi connectivity index (χ4v) is 4.34. The number of carbonyl (C=O) groups excluding carboxylic acids is 1. The summed E-state index contributed by atoms with van der Waals surface area (Å²) in [5.74, 6) is 2.89. The van der Waals surface area contributed by atoms with Crippen molar-refractivity contribution in [3.63, 3.8) is 0 Å². The number of hydrogen-bond donors (Lipinski definition) is 1. The first-order chi connectivity index (χ1) is 15.1. The smallest absolute Gasteiger partial charge is 0.248 e. The van der Waals surface area contributed by atoms with Crippen molar-refractivity contribution in [2.24, 2.45) is 0 Å². The molecule has 1 aliphatic carbocycles. The third-order valence-electron chi connectivity index (χ3n) is 5.86. The molecule has 5 rings (SSSR count). The van der Waals surface area contributed by atoms with E-state index in [1.165, 1.54) is 12.0 Å². The lowest BCUT2D eigenvalue weighted by Gasteiger charge is -2.18. The predicted octanol–water partition coefficient (Wildman–Crippen LogP) is 5.13. The first kappa shape index (κ1) is 19.5. The molecule has 0 saturated heterocycles. The molecule has 1 amide bonds. The number of furan rings is 1. The summed E-state index contributed by atoms with van der Waals surface area (Å²) >= 11 is 0. The summed E-state index contributed by atoms with van der Waals surface area (Å²) in [5, 5.41) is 4.02. The quantitative estimate of drug-likeness (QED) is 0.594. The van der Waals surface area contributed by atoms with Gasteiger partial charge in [0.15, 0.2) is 11.5 Å². The predicted molar refractivity (Wildman–Crippen MR) is 119 cm³/mol. The van der Waals surface area contributed by atoms with Gasteiger partial charge in [-0.25, -0.2) is 0 Å². The van der Waals surface area contributed by atoms with Gasteiger partial charge in [-0.05, 0) is 50.0 Å². The molecule has 0 radical (unpaired) electrons. The van der Waals surface area contributed by atoms with Gasteiger partial charge >= 0.3 is 0 Å². The Morgan fingerprint density at radius 2 is 1.87 bits per heavy atom. The maximum Gasteiger partial charge on any atom is 0.248 e. The molecule has 1 aliphatic heterocycles. The Hall–Kier alpha value is -3.41. The fraction of sp³-hybridized carbons (Fsp3) is 0.320. The first-order valence-corrected chi connectivity index (χ1v) is 10.6. The van der Waals surface area contributed by atoms with Crippen LogP contribution in [0, 0.1) is 0 Å². The Labute approximate surface area is 180 Å². The molecule has 0 atom stereocenters. The first-order valence-electron chi connectivity index (χ1n) is 10.6. The molecule has 6 heteroatoms. The largest absolute Gasteiger partial charge is 0.496 e. The zero-order valence-electron chi connectivity index (χ0n) is 17.7. The highest BCUT2D eigenvalue weighted by atomic mass is 16.6. The summed E-state index contributed by atoms with van der Waals surface area (Å²) in [4.78, 5) is 12.7. The summed E-state index contributed by atoms with van der Waals surface area (Å²) in [6, 6.07) is 9.41. The molecule has 6 nitrogen and oxygen atoms in total. The van der Waals surface area contributed by atoms with Crippen molar-refractivity contribution < 1.29 is 23.4 Å². The molecule has 3 aromatic rings. The second kappa shape index (κ2) is 8.02. The average molecular weight is 419 g/mol. The van der Waals surface area contributed by atoms with Crippen LogP contribution in [-0.4, -0.2) is 26.2 Å². The monoisotopic (exact) mass is 419 g/mol. The number of hydrogen-bond acceptors (Lipinski definition) is 5. The van der Waals surface area contributed by atoms with Crippen LogP contribution in [0.4, 0.5) is 5.69 Å². The van der Waals surface area contributed by atoms with Gasteiger partial charge in [-0.15, -0.1) is 0 Å². The second-order valence-electron chi connectivity index (χ2n) is 7.93. The number of rotatable bonds is 4. The Morgan fingerprint density at radius 3 is 2.71 bits per heavy atom. The molecule has 160 valence electrons. The van der Waals surface area contributed by atoms with Gasteiger partial charge in [0.05, 0.1) is 7.11 Å². The number of allylic oxidation sites excluding steroid dienone is 1. The van der Waals surface area contributed by atoms with Crippen molar-refractivity contribution in [1.82, 2.24) is 0 Å². The van der Waals surface area contributed by atoms with E-state index in [0.717, 1.165) is 47.1 Å². The molecule has 0 fully saturated rings. The number of anilines is 1. The topological polar surface area (TPSA) is 69.9 Å². The third-order valence-corrected chi connectivity index (χ3v) is 5.86. The van der Waals surface area contributed by atoms with E-state index in [1.807, 2.05) is 13.0 Å². The summed E-state index contributed by atoms with van der Waals surface area (Å²) in [5.41, 5.74) is 4.50. The van der Waals surface area contributed by atoms with E-state index in [0.29, 0.717) is 36.1 Å². The Balaban J connectivity index is 1.43. The van der Waals surface area contributed by atoms with Crippen LogP contribution >= 0.6 is 0 Å². The zero-order valence-corrected chi connectivity index (χ0v) is 17.7. The lowest BCUT2D eigenvalue weighted by molar-refractivity contribution is -0.111. The van der Waals surface area contributed by atoms with Crippen LogP contribution < -0.4 is 19.5 Å². The molecule has 0 bridgehead atoms. The van der Waals surface area contributed by atoms with E-state index < -0.39 is 0 Å². The van der Waals surface area contributed by atoms with Gasteiger partial charge in [-0.3, -0.25) is 4.79 Å². The van der Waals surface area contributed by atoms with Gasteiger partial charge < -0.3 is 23.9 Å². The van der Waals surface area contributed by atoms with Gasteiger partial charge in [0.25, 0.3) is 0 Å². The van der Waals surface area contributed by atoms with Crippen LogP contribution in [0.3, 0.4) is 0 Å². The molecule has 1 aromatic heterocycles. The van der Waals surface area contributed by atoms with Gasteiger partial charge in [0, 0.05) is 46.8 Å². The Morgan fingerprint density at radius 1 is 1.06 bits per heavy atom. The minimum absolute atomic E-state index is 0.217. The van der Waals surface area contributed by atoms with Crippen LogP contribution in [0.25, 0.3) is 16.5 Å². The van der Waals surface area contributed by atoms with Crippen LogP contribution in [0.1, 0.15) is 36.7 Å². The number of nitrogens with one attached hydrogen (secondary N) is 1. The van der Waals surface area contributed by atoms with Crippen molar-refractivity contribution >= 4 is 28.1 Å². The van der Waals surface area contributed by atoms with Crippen LogP contribution in [0.15, 0.2) is 40.8 Å². The minimum Gasteiger partial charge on any atom is -0.496 e. The Kier molecular flexibility index (Phi) is 5.06. The van der Waals surface area contributed by atoms with Crippen LogP contribution in [0.2, 0.25) is 0 Å². The second-order valence-corrected chi connectivity index (χ2v) is 7.93. The molecule has 31 heavy (non-hydrogen) atoms. The van der Waals surface area contributed by atoms with E-state index >= 15 is 0 Å². The molecular formula is C25H25NO5. The molecular weight excluding hydrogens is 394 g/mol. The SMILES string of the molecule is COc1cc2oc3c(c2cc1/C(C)=C/C(=O)Nc1ccc2c(c1)OCCO2)CCCC3. The van der Waals surface area contributed by atoms with E-state index in [2.05, 4.69) is 11.4 Å². The number of carbonyl (C=O) groups is 1. The maximum atomic E-state index is 12.7. The lowest BCUT2D eigenvalue weighted by atomic mass is 9.94. The summed E-state index contributed by atoms with van der Waals surface area (Å²) in [7, 11) is 1.63. The highest BCUT2D eigenvalue weighted by Gasteiger charge is 2.20. The summed E-state index contributed by atoms with van der Waals surface area (Å²) in [6.07, 6.45) is 5.94. The van der Waals surface area contributed by atoms with E-state index in [1.54, 1.807) is 31.4 Å². The number of fused-ring (bicyclic) bond motifs is 4. The zero-order chi connectivity index (χ0) is 21.4. The number of benzene rings is 2. The maximum absolute atomic E-state index is 12.7. The highest BCUT2D eigenvalue weighted by Crippen LogP contribution is 2.38. The number of ether oxygens (including phenoxy) is 3. The molecule has 0 unspecified atom stereocenters. The van der Waals surface area contributed by atoms with Crippen LogP contribution in [0.5, 0.6) is 17.2 Å². The number of aryl methyl sites for hydroxylation is 2. The molecule has 1 N–H and O–H groups in total. The van der Waals surface area contributed by atoms with Crippen molar-refractivity contribution in [3.05, 3.63) is 53.3 Å². The summed E-state index contributed by atoms with van der Waals surface area (Å²) in [6.45, 7) is 2.95. The van der Waals surface area contributed by atoms with Gasteiger partial charge in [-0.1, -0.05) is 0 Å². The van der Waals surface area contributed by atoms with Crippen molar-refractivity contribution in [2.75, 3.05) is 25.6 Å². The lowest BCUT2D eigenvalue weighted by Crippen LogP contribution is -2.16. The number of amides is 1. The van der Waals surface area contributed by atoms with Crippen LogP contribution in [-0.2, 0) is 17.6 Å². The highest BCUT2D eigenvalue weighted by molar-refractivity contribution is 6.05. The molecule has 2 aliphatic rings. The standard InChI is InChI=1S/C25H25NO5/c1-15(11-25(27)26-16-7-8-21-24(12-16)30-10-9-29-21)18-13-19-17-5-3-4-6-20(17)31-23(19)14-22(18)28-2/h7-8,11-14H,3-6,9-10H2,1-2H3,(H,26,27)/b15-11+.